The van der Waals surface area contributed by atoms with E-state index in [-0.39, 0.29) is 11.5 Å². The lowest BCUT2D eigenvalue weighted by Gasteiger charge is -2.12. The van der Waals surface area contributed by atoms with Gasteiger partial charge < -0.3 is 19.3 Å². The van der Waals surface area contributed by atoms with Crippen molar-refractivity contribution in [3.63, 3.8) is 0 Å². The minimum absolute atomic E-state index is 0.0832. The lowest BCUT2D eigenvalue weighted by Crippen LogP contribution is -1.96. The molecule has 130 valence electrons. The molecule has 1 N–H and O–H groups in total. The first-order valence-electron chi connectivity index (χ1n) is 7.57. The van der Waals surface area contributed by atoms with Gasteiger partial charge in [0.1, 0.15) is 5.76 Å². The second kappa shape index (κ2) is 8.59. The number of hydrogen-bond acceptors (Lipinski definition) is 5. The predicted molar refractivity (Wildman–Crippen MR) is 97.2 cm³/mol. The highest BCUT2D eigenvalue weighted by Gasteiger charge is 2.12. The van der Waals surface area contributed by atoms with Crippen LogP contribution in [-0.4, -0.2) is 32.2 Å². The zero-order valence-corrected chi connectivity index (χ0v) is 14.4. The second-order valence-corrected chi connectivity index (χ2v) is 5.09. The van der Waals surface area contributed by atoms with Gasteiger partial charge in [-0.15, -0.1) is 0 Å². The Labute approximate surface area is 146 Å². The number of hydrogen-bond donors (Lipinski definition) is 1. The van der Waals surface area contributed by atoms with Crippen LogP contribution in [0.2, 0.25) is 0 Å². The van der Waals surface area contributed by atoms with Crippen molar-refractivity contribution < 1.29 is 24.1 Å². The summed E-state index contributed by atoms with van der Waals surface area (Å²) >= 11 is 0. The van der Waals surface area contributed by atoms with Crippen molar-refractivity contribution in [2.75, 3.05) is 21.3 Å². The van der Waals surface area contributed by atoms with Gasteiger partial charge in [0.25, 0.3) is 0 Å². The molecule has 5 heteroatoms. The molecule has 0 aliphatic rings. The Hall–Kier alpha value is -3.21. The maximum atomic E-state index is 12.0. The first kappa shape index (κ1) is 18.1. The SMILES string of the molecule is COc1cc(/C=C/C(=O)C=C(O)c2ccccc2)cc(OC)c1OC. The summed E-state index contributed by atoms with van der Waals surface area (Å²) in [6.07, 6.45) is 4.14. The molecule has 0 heterocycles. The molecule has 0 bridgehead atoms. The molecule has 2 aromatic carbocycles. The number of carbonyl (C=O) groups excluding carboxylic acids is 1. The molecule has 25 heavy (non-hydrogen) atoms. The van der Waals surface area contributed by atoms with Gasteiger partial charge in [0.15, 0.2) is 17.3 Å². The monoisotopic (exact) mass is 340 g/mol. The molecule has 0 saturated carbocycles. The van der Waals surface area contributed by atoms with E-state index in [1.54, 1.807) is 42.5 Å². The number of aliphatic hydroxyl groups is 1. The van der Waals surface area contributed by atoms with Crippen LogP contribution >= 0.6 is 0 Å². The molecule has 0 spiro atoms. The average molecular weight is 340 g/mol. The third kappa shape index (κ3) is 4.64. The van der Waals surface area contributed by atoms with Crippen molar-refractivity contribution in [1.82, 2.24) is 0 Å². The van der Waals surface area contributed by atoms with Crippen LogP contribution in [0, 0.1) is 0 Å². The molecule has 0 aliphatic heterocycles. The van der Waals surface area contributed by atoms with Gasteiger partial charge >= 0.3 is 0 Å². The van der Waals surface area contributed by atoms with E-state index in [1.807, 2.05) is 6.07 Å². The molecule has 0 saturated heterocycles. The van der Waals surface area contributed by atoms with Gasteiger partial charge in [0.05, 0.1) is 21.3 Å². The van der Waals surface area contributed by atoms with Gasteiger partial charge in [-0.3, -0.25) is 4.79 Å². The molecule has 0 unspecified atom stereocenters. The van der Waals surface area contributed by atoms with E-state index in [0.29, 0.717) is 28.4 Å². The Morgan fingerprint density at radius 1 is 0.960 bits per heavy atom. The van der Waals surface area contributed by atoms with E-state index in [1.165, 1.54) is 33.5 Å². The van der Waals surface area contributed by atoms with Gasteiger partial charge in [-0.2, -0.15) is 0 Å². The standard InChI is InChI=1S/C20H20O5/c1-23-18-11-14(12-19(24-2)20(18)25-3)9-10-16(21)13-17(22)15-7-5-4-6-8-15/h4-13,22H,1-3H3/b10-9+,17-13?. The third-order valence-corrected chi connectivity index (χ3v) is 3.48. The van der Waals surface area contributed by atoms with Crippen LogP contribution in [0.4, 0.5) is 0 Å². The van der Waals surface area contributed by atoms with Crippen LogP contribution in [0.25, 0.3) is 11.8 Å². The Balaban J connectivity index is 2.22. The third-order valence-electron chi connectivity index (χ3n) is 3.48. The molecule has 0 aromatic heterocycles. The summed E-state index contributed by atoms with van der Waals surface area (Å²) in [5.41, 5.74) is 1.28. The quantitative estimate of drug-likeness (QED) is 0.612. The van der Waals surface area contributed by atoms with E-state index in [2.05, 4.69) is 0 Å². The van der Waals surface area contributed by atoms with Crippen LogP contribution in [0.15, 0.2) is 54.6 Å². The molecule has 0 aliphatic carbocycles. The van der Waals surface area contributed by atoms with Crippen LogP contribution in [0.1, 0.15) is 11.1 Å². The number of ether oxygens (including phenoxy) is 3. The fourth-order valence-corrected chi connectivity index (χ4v) is 2.25. The summed E-state index contributed by atoms with van der Waals surface area (Å²) in [6, 6.07) is 12.3. The first-order valence-corrected chi connectivity index (χ1v) is 7.57. The number of carbonyl (C=O) groups is 1. The van der Waals surface area contributed by atoms with Gasteiger partial charge in [-0.05, 0) is 23.8 Å². The Morgan fingerprint density at radius 2 is 1.56 bits per heavy atom. The Morgan fingerprint density at radius 3 is 2.08 bits per heavy atom. The van der Waals surface area contributed by atoms with E-state index in [0.717, 1.165) is 0 Å². The lowest BCUT2D eigenvalue weighted by atomic mass is 10.1. The summed E-state index contributed by atoms with van der Waals surface area (Å²) < 4.78 is 15.8. The smallest absolute Gasteiger partial charge is 0.203 e. The molecular formula is C20H20O5. The summed E-state index contributed by atoms with van der Waals surface area (Å²) in [7, 11) is 4.57. The predicted octanol–water partition coefficient (Wildman–Crippen LogP) is 3.89. The van der Waals surface area contributed by atoms with Gasteiger partial charge in [0, 0.05) is 11.6 Å². The molecular weight excluding hydrogens is 320 g/mol. The second-order valence-electron chi connectivity index (χ2n) is 5.09. The summed E-state index contributed by atoms with van der Waals surface area (Å²) in [6.45, 7) is 0. The molecule has 5 nitrogen and oxygen atoms in total. The first-order chi connectivity index (χ1) is 12.1. The van der Waals surface area contributed by atoms with Gasteiger partial charge in [-0.25, -0.2) is 0 Å². The molecule has 2 aromatic rings. The fourth-order valence-electron chi connectivity index (χ4n) is 2.25. The summed E-state index contributed by atoms with van der Waals surface area (Å²) in [5.74, 6) is 1.05. The highest BCUT2D eigenvalue weighted by Crippen LogP contribution is 2.38. The molecule has 0 amide bonds. The normalized spacial score (nSPS) is 11.4. The number of ketones is 1. The van der Waals surface area contributed by atoms with Crippen LogP contribution in [-0.2, 0) is 4.79 Å². The number of rotatable bonds is 7. The summed E-state index contributed by atoms with van der Waals surface area (Å²) in [4.78, 5) is 12.0. The molecule has 0 atom stereocenters. The summed E-state index contributed by atoms with van der Waals surface area (Å²) in [5, 5.41) is 9.97. The van der Waals surface area contributed by atoms with E-state index < -0.39 is 0 Å². The zero-order valence-electron chi connectivity index (χ0n) is 14.4. The highest BCUT2D eigenvalue weighted by molar-refractivity contribution is 6.05. The van der Waals surface area contributed by atoms with Crippen molar-refractivity contribution in [1.29, 1.82) is 0 Å². The largest absolute Gasteiger partial charge is 0.507 e. The Bertz CT molecular complexity index is 766. The number of aliphatic hydroxyl groups excluding tert-OH is 1. The van der Waals surface area contributed by atoms with Crippen LogP contribution in [0.3, 0.4) is 0 Å². The van der Waals surface area contributed by atoms with E-state index >= 15 is 0 Å². The number of allylic oxidation sites excluding steroid dienone is 2. The van der Waals surface area contributed by atoms with Crippen molar-refractivity contribution in [3.8, 4) is 17.2 Å². The maximum Gasteiger partial charge on any atom is 0.203 e. The van der Waals surface area contributed by atoms with Crippen molar-refractivity contribution in [2.45, 2.75) is 0 Å². The van der Waals surface area contributed by atoms with Crippen LogP contribution < -0.4 is 14.2 Å². The van der Waals surface area contributed by atoms with E-state index in [4.69, 9.17) is 14.2 Å². The maximum absolute atomic E-state index is 12.0. The molecule has 2 rings (SSSR count). The number of benzene rings is 2. The van der Waals surface area contributed by atoms with E-state index in [9.17, 15) is 9.90 Å². The minimum Gasteiger partial charge on any atom is -0.507 e. The van der Waals surface area contributed by atoms with Crippen molar-refractivity contribution in [2.24, 2.45) is 0 Å². The average Bonchev–Trinajstić information content (AvgIpc) is 2.65. The minimum atomic E-state index is -0.338. The number of methoxy groups -OCH3 is 3. The van der Waals surface area contributed by atoms with Crippen molar-refractivity contribution >= 4 is 17.6 Å². The topological polar surface area (TPSA) is 65.0 Å². The van der Waals surface area contributed by atoms with Gasteiger partial charge in [-0.1, -0.05) is 36.4 Å². The Kier molecular flexibility index (Phi) is 6.23. The molecule has 0 fully saturated rings. The lowest BCUT2D eigenvalue weighted by molar-refractivity contribution is -0.110. The van der Waals surface area contributed by atoms with Crippen molar-refractivity contribution in [3.05, 3.63) is 65.7 Å². The fraction of sp³-hybridized carbons (Fsp3) is 0.150. The molecule has 0 radical (unpaired) electrons. The van der Waals surface area contributed by atoms with Crippen LogP contribution in [0.5, 0.6) is 17.2 Å². The zero-order chi connectivity index (χ0) is 18.2. The highest BCUT2D eigenvalue weighted by atomic mass is 16.5. The van der Waals surface area contributed by atoms with Gasteiger partial charge in [0.2, 0.25) is 5.75 Å².